The van der Waals surface area contributed by atoms with E-state index in [9.17, 15) is 9.18 Å². The van der Waals surface area contributed by atoms with Gasteiger partial charge in [-0.1, -0.05) is 24.3 Å². The standard InChI is InChI=1S/C17H16FN3OS/c1-21-15(16-7-4-10-23-16)11-14(20-21)17(22)19-9-8-12-5-2-3-6-13(12)18/h2-7,10-11H,8-9H2,1H3,(H,19,22). The van der Waals surface area contributed by atoms with Crippen molar-refractivity contribution in [3.05, 3.63) is 64.9 Å². The van der Waals surface area contributed by atoms with Gasteiger partial charge in [-0.25, -0.2) is 4.39 Å². The monoisotopic (exact) mass is 329 g/mol. The summed E-state index contributed by atoms with van der Waals surface area (Å²) < 4.78 is 15.2. The van der Waals surface area contributed by atoms with Crippen LogP contribution in [0.25, 0.3) is 10.6 Å². The second kappa shape index (κ2) is 6.75. The Balaban J connectivity index is 1.63. The highest BCUT2D eigenvalue weighted by molar-refractivity contribution is 7.13. The molecule has 0 spiro atoms. The smallest absolute Gasteiger partial charge is 0.271 e. The molecule has 0 saturated carbocycles. The molecule has 0 aliphatic carbocycles. The first-order valence-electron chi connectivity index (χ1n) is 7.24. The van der Waals surface area contributed by atoms with E-state index < -0.39 is 0 Å². The third kappa shape index (κ3) is 3.48. The number of benzene rings is 1. The van der Waals surface area contributed by atoms with Crippen LogP contribution < -0.4 is 5.32 Å². The number of amides is 1. The van der Waals surface area contributed by atoms with Crippen molar-refractivity contribution >= 4 is 17.2 Å². The van der Waals surface area contributed by atoms with E-state index in [2.05, 4.69) is 10.4 Å². The third-order valence-electron chi connectivity index (χ3n) is 3.52. The van der Waals surface area contributed by atoms with Crippen LogP contribution in [0.3, 0.4) is 0 Å². The van der Waals surface area contributed by atoms with Crippen LogP contribution in [-0.2, 0) is 13.5 Å². The van der Waals surface area contributed by atoms with Gasteiger partial charge in [0.05, 0.1) is 10.6 Å². The minimum absolute atomic E-state index is 0.250. The van der Waals surface area contributed by atoms with Gasteiger partial charge >= 0.3 is 0 Å². The van der Waals surface area contributed by atoms with Gasteiger partial charge in [0.2, 0.25) is 0 Å². The average molecular weight is 329 g/mol. The quantitative estimate of drug-likeness (QED) is 0.781. The maximum Gasteiger partial charge on any atom is 0.271 e. The molecule has 0 radical (unpaired) electrons. The fraction of sp³-hybridized carbons (Fsp3) is 0.176. The van der Waals surface area contributed by atoms with Gasteiger partial charge in [0.1, 0.15) is 5.82 Å². The molecule has 6 heteroatoms. The predicted octanol–water partition coefficient (Wildman–Crippen LogP) is 3.26. The lowest BCUT2D eigenvalue weighted by Crippen LogP contribution is -2.26. The lowest BCUT2D eigenvalue weighted by Gasteiger charge is -2.04. The molecule has 23 heavy (non-hydrogen) atoms. The summed E-state index contributed by atoms with van der Waals surface area (Å²) in [6.07, 6.45) is 0.447. The highest BCUT2D eigenvalue weighted by Crippen LogP contribution is 2.24. The number of nitrogens with one attached hydrogen (secondary N) is 1. The van der Waals surface area contributed by atoms with Crippen LogP contribution >= 0.6 is 11.3 Å². The summed E-state index contributed by atoms with van der Waals surface area (Å²) in [5.41, 5.74) is 1.86. The van der Waals surface area contributed by atoms with Crippen LogP contribution in [0.5, 0.6) is 0 Å². The Morgan fingerprint density at radius 1 is 1.30 bits per heavy atom. The summed E-state index contributed by atoms with van der Waals surface area (Å²) in [5, 5.41) is 9.01. The van der Waals surface area contributed by atoms with Crippen LogP contribution in [0.15, 0.2) is 47.8 Å². The van der Waals surface area contributed by atoms with Crippen molar-refractivity contribution in [2.45, 2.75) is 6.42 Å². The third-order valence-corrected chi connectivity index (χ3v) is 4.42. The molecule has 4 nitrogen and oxygen atoms in total. The highest BCUT2D eigenvalue weighted by Gasteiger charge is 2.14. The fourth-order valence-electron chi connectivity index (χ4n) is 2.34. The minimum Gasteiger partial charge on any atom is -0.350 e. The van der Waals surface area contributed by atoms with E-state index in [-0.39, 0.29) is 11.7 Å². The first kappa shape index (κ1) is 15.4. The van der Waals surface area contributed by atoms with Crippen molar-refractivity contribution in [1.82, 2.24) is 15.1 Å². The molecule has 0 atom stereocenters. The van der Waals surface area contributed by atoms with E-state index in [1.807, 2.05) is 24.6 Å². The van der Waals surface area contributed by atoms with Gasteiger partial charge in [-0.2, -0.15) is 5.10 Å². The molecule has 0 saturated heterocycles. The number of halogens is 1. The number of aryl methyl sites for hydroxylation is 1. The summed E-state index contributed by atoms with van der Waals surface area (Å²) in [6.45, 7) is 0.366. The molecule has 1 N–H and O–H groups in total. The Kier molecular flexibility index (Phi) is 4.52. The Morgan fingerprint density at radius 2 is 2.13 bits per heavy atom. The molecule has 3 rings (SSSR count). The molecule has 2 aromatic heterocycles. The molecular weight excluding hydrogens is 313 g/mol. The number of carbonyl (C=O) groups is 1. The highest BCUT2D eigenvalue weighted by atomic mass is 32.1. The van der Waals surface area contributed by atoms with Gasteiger partial charge < -0.3 is 5.32 Å². The molecular formula is C17H16FN3OS. The maximum atomic E-state index is 13.5. The Hall–Kier alpha value is -2.47. The van der Waals surface area contributed by atoms with E-state index in [0.29, 0.717) is 24.2 Å². The molecule has 0 aliphatic heterocycles. The van der Waals surface area contributed by atoms with Crippen molar-refractivity contribution in [3.8, 4) is 10.6 Å². The van der Waals surface area contributed by atoms with E-state index in [1.54, 1.807) is 40.3 Å². The fourth-order valence-corrected chi connectivity index (χ4v) is 3.11. The SMILES string of the molecule is Cn1nc(C(=O)NCCc2ccccc2F)cc1-c1cccs1. The molecule has 0 fully saturated rings. The van der Waals surface area contributed by atoms with Gasteiger partial charge in [-0.3, -0.25) is 9.48 Å². The molecule has 1 amide bonds. The Labute approximate surface area is 137 Å². The number of hydrogen-bond donors (Lipinski definition) is 1. The average Bonchev–Trinajstić information content (AvgIpc) is 3.18. The summed E-state index contributed by atoms with van der Waals surface area (Å²) in [6, 6.07) is 12.3. The second-order valence-electron chi connectivity index (χ2n) is 5.11. The van der Waals surface area contributed by atoms with E-state index >= 15 is 0 Å². The normalized spacial score (nSPS) is 10.7. The first-order valence-corrected chi connectivity index (χ1v) is 8.12. The van der Waals surface area contributed by atoms with Crippen LogP contribution in [0.2, 0.25) is 0 Å². The van der Waals surface area contributed by atoms with Gasteiger partial charge in [-0.05, 0) is 35.6 Å². The van der Waals surface area contributed by atoms with Crippen molar-refractivity contribution in [2.75, 3.05) is 6.54 Å². The lowest BCUT2D eigenvalue weighted by atomic mass is 10.1. The number of nitrogens with zero attached hydrogens (tertiary/aromatic N) is 2. The van der Waals surface area contributed by atoms with Gasteiger partial charge in [0.25, 0.3) is 5.91 Å². The van der Waals surface area contributed by atoms with Crippen LogP contribution in [-0.4, -0.2) is 22.2 Å². The Bertz CT molecular complexity index is 811. The topological polar surface area (TPSA) is 46.9 Å². The first-order chi connectivity index (χ1) is 11.1. The van der Waals surface area contributed by atoms with Gasteiger partial charge in [-0.15, -0.1) is 11.3 Å². The van der Waals surface area contributed by atoms with Crippen molar-refractivity contribution in [3.63, 3.8) is 0 Å². The van der Waals surface area contributed by atoms with E-state index in [1.165, 1.54) is 6.07 Å². The molecule has 1 aromatic carbocycles. The van der Waals surface area contributed by atoms with Gasteiger partial charge in [0, 0.05) is 13.6 Å². The number of aromatic nitrogens is 2. The Morgan fingerprint density at radius 3 is 2.87 bits per heavy atom. The molecule has 0 aliphatic rings. The molecule has 118 valence electrons. The summed E-state index contributed by atoms with van der Waals surface area (Å²) in [4.78, 5) is 13.2. The van der Waals surface area contributed by atoms with Crippen LogP contribution in [0.1, 0.15) is 16.1 Å². The van der Waals surface area contributed by atoms with Crippen molar-refractivity contribution in [1.29, 1.82) is 0 Å². The van der Waals surface area contributed by atoms with Crippen molar-refractivity contribution in [2.24, 2.45) is 7.05 Å². The minimum atomic E-state index is -0.250. The predicted molar refractivity (Wildman–Crippen MR) is 89.0 cm³/mol. The molecule has 3 aromatic rings. The summed E-state index contributed by atoms with van der Waals surface area (Å²) >= 11 is 1.60. The molecule has 2 heterocycles. The number of hydrogen-bond acceptors (Lipinski definition) is 3. The number of carbonyl (C=O) groups excluding carboxylic acids is 1. The molecule has 0 unspecified atom stereocenters. The van der Waals surface area contributed by atoms with E-state index in [4.69, 9.17) is 0 Å². The van der Waals surface area contributed by atoms with Crippen LogP contribution in [0, 0.1) is 5.82 Å². The van der Waals surface area contributed by atoms with Gasteiger partial charge in [0.15, 0.2) is 5.69 Å². The second-order valence-corrected chi connectivity index (χ2v) is 6.06. The summed E-state index contributed by atoms with van der Waals surface area (Å²) in [7, 11) is 1.81. The summed E-state index contributed by atoms with van der Waals surface area (Å²) in [5.74, 6) is -0.501. The van der Waals surface area contributed by atoms with Crippen molar-refractivity contribution < 1.29 is 9.18 Å². The van der Waals surface area contributed by atoms with E-state index in [0.717, 1.165) is 10.6 Å². The number of thiophene rings is 1. The number of rotatable bonds is 5. The zero-order chi connectivity index (χ0) is 16.2. The molecule has 0 bridgehead atoms. The lowest BCUT2D eigenvalue weighted by molar-refractivity contribution is 0.0948. The zero-order valence-electron chi connectivity index (χ0n) is 12.6. The zero-order valence-corrected chi connectivity index (χ0v) is 13.4. The largest absolute Gasteiger partial charge is 0.350 e. The van der Waals surface area contributed by atoms with Crippen LogP contribution in [0.4, 0.5) is 4.39 Å². The maximum absolute atomic E-state index is 13.5.